The molecule has 5 nitrogen and oxygen atoms in total. The minimum absolute atomic E-state index is 0.152. The molecule has 1 aliphatic heterocycles. The molecule has 5 heteroatoms. The summed E-state index contributed by atoms with van der Waals surface area (Å²) >= 11 is 0. The maximum absolute atomic E-state index is 12.7. The number of ether oxygens (including phenoxy) is 1. The first-order chi connectivity index (χ1) is 10.7. The highest BCUT2D eigenvalue weighted by atomic mass is 16.5. The highest BCUT2D eigenvalue weighted by Gasteiger charge is 2.39. The third kappa shape index (κ3) is 3.72. The predicted molar refractivity (Wildman–Crippen MR) is 90.5 cm³/mol. The predicted octanol–water partition coefficient (Wildman–Crippen LogP) is 2.44. The number of carbonyl (C=O) groups excluding carboxylic acids is 2. The minimum Gasteiger partial charge on any atom is -0.378 e. The van der Waals surface area contributed by atoms with Crippen LogP contribution in [0.3, 0.4) is 0 Å². The van der Waals surface area contributed by atoms with Gasteiger partial charge in [-0.1, -0.05) is 17.7 Å². The van der Waals surface area contributed by atoms with Gasteiger partial charge < -0.3 is 15.0 Å². The van der Waals surface area contributed by atoms with Gasteiger partial charge in [0.1, 0.15) is 5.41 Å². The van der Waals surface area contributed by atoms with Gasteiger partial charge in [-0.25, -0.2) is 0 Å². The highest BCUT2D eigenvalue weighted by molar-refractivity contribution is 6.10. The Morgan fingerprint density at radius 1 is 1.09 bits per heavy atom. The average Bonchev–Trinajstić information content (AvgIpc) is 2.50. The number of nitrogens with one attached hydrogen (secondary N) is 1. The Labute approximate surface area is 138 Å². The van der Waals surface area contributed by atoms with Crippen molar-refractivity contribution in [2.24, 2.45) is 5.41 Å². The Morgan fingerprint density at radius 2 is 1.61 bits per heavy atom. The zero-order chi connectivity index (χ0) is 17.2. The van der Waals surface area contributed by atoms with E-state index in [1.807, 2.05) is 32.9 Å². The van der Waals surface area contributed by atoms with Crippen LogP contribution >= 0.6 is 0 Å². The Kier molecular flexibility index (Phi) is 5.09. The van der Waals surface area contributed by atoms with Gasteiger partial charge in [0.15, 0.2) is 0 Å². The molecule has 0 spiro atoms. The third-order valence-corrected chi connectivity index (χ3v) is 4.32. The summed E-state index contributed by atoms with van der Waals surface area (Å²) in [5.74, 6) is -0.426. The fourth-order valence-electron chi connectivity index (χ4n) is 2.91. The van der Waals surface area contributed by atoms with E-state index in [4.69, 9.17) is 4.74 Å². The van der Waals surface area contributed by atoms with Gasteiger partial charge in [0.2, 0.25) is 11.8 Å². The van der Waals surface area contributed by atoms with E-state index in [0.717, 1.165) is 22.4 Å². The van der Waals surface area contributed by atoms with E-state index in [-0.39, 0.29) is 11.8 Å². The van der Waals surface area contributed by atoms with Gasteiger partial charge in [-0.3, -0.25) is 9.59 Å². The summed E-state index contributed by atoms with van der Waals surface area (Å²) in [5, 5.41) is 2.95. The third-order valence-electron chi connectivity index (χ3n) is 4.32. The van der Waals surface area contributed by atoms with E-state index in [0.29, 0.717) is 26.3 Å². The van der Waals surface area contributed by atoms with Crippen molar-refractivity contribution < 1.29 is 14.3 Å². The van der Waals surface area contributed by atoms with Crippen molar-refractivity contribution in [2.75, 3.05) is 31.6 Å². The molecular weight excluding hydrogens is 292 g/mol. The van der Waals surface area contributed by atoms with Crippen molar-refractivity contribution in [1.82, 2.24) is 4.90 Å². The van der Waals surface area contributed by atoms with Crippen LogP contribution in [0.1, 0.15) is 30.5 Å². The van der Waals surface area contributed by atoms with Crippen molar-refractivity contribution in [3.63, 3.8) is 0 Å². The lowest BCUT2D eigenvalue weighted by molar-refractivity contribution is -0.149. The van der Waals surface area contributed by atoms with Gasteiger partial charge in [-0.05, 0) is 45.7 Å². The van der Waals surface area contributed by atoms with Gasteiger partial charge in [0, 0.05) is 18.8 Å². The molecule has 2 rings (SSSR count). The first-order valence-corrected chi connectivity index (χ1v) is 8.00. The number of aryl methyl sites for hydroxylation is 3. The molecule has 1 N–H and O–H groups in total. The van der Waals surface area contributed by atoms with Gasteiger partial charge in [-0.2, -0.15) is 0 Å². The van der Waals surface area contributed by atoms with Crippen LogP contribution < -0.4 is 5.32 Å². The largest absolute Gasteiger partial charge is 0.378 e. The summed E-state index contributed by atoms with van der Waals surface area (Å²) in [6.45, 7) is 11.4. The Bertz CT molecular complexity index is 594. The second-order valence-corrected chi connectivity index (χ2v) is 6.76. The first-order valence-electron chi connectivity index (χ1n) is 8.00. The molecule has 1 fully saturated rings. The molecule has 1 aromatic carbocycles. The molecule has 1 aliphatic rings. The van der Waals surface area contributed by atoms with E-state index in [1.54, 1.807) is 18.7 Å². The number of carbonyl (C=O) groups is 2. The zero-order valence-corrected chi connectivity index (χ0v) is 14.7. The number of hydrogen-bond acceptors (Lipinski definition) is 3. The lowest BCUT2D eigenvalue weighted by Gasteiger charge is -2.33. The summed E-state index contributed by atoms with van der Waals surface area (Å²) in [5.41, 5.74) is 2.85. The zero-order valence-electron chi connectivity index (χ0n) is 14.7. The van der Waals surface area contributed by atoms with E-state index < -0.39 is 5.41 Å². The summed E-state index contributed by atoms with van der Waals surface area (Å²) in [6, 6.07) is 4.05. The normalized spacial score (nSPS) is 15.4. The summed E-state index contributed by atoms with van der Waals surface area (Å²) in [4.78, 5) is 27.1. The minimum atomic E-state index is -1.11. The first kappa shape index (κ1) is 17.5. The topological polar surface area (TPSA) is 58.6 Å². The van der Waals surface area contributed by atoms with Crippen LogP contribution in [-0.2, 0) is 14.3 Å². The van der Waals surface area contributed by atoms with Crippen LogP contribution in [0.2, 0.25) is 0 Å². The Balaban J connectivity index is 2.17. The molecular formula is C18H26N2O3. The summed E-state index contributed by atoms with van der Waals surface area (Å²) < 4.78 is 5.27. The van der Waals surface area contributed by atoms with Crippen molar-refractivity contribution in [2.45, 2.75) is 34.6 Å². The number of benzene rings is 1. The molecule has 0 saturated carbocycles. The van der Waals surface area contributed by atoms with Gasteiger partial charge in [-0.15, -0.1) is 0 Å². The number of hydrogen-bond donors (Lipinski definition) is 1. The molecule has 23 heavy (non-hydrogen) atoms. The van der Waals surface area contributed by atoms with E-state index in [1.165, 1.54) is 0 Å². The second kappa shape index (κ2) is 6.71. The van der Waals surface area contributed by atoms with E-state index in [9.17, 15) is 9.59 Å². The van der Waals surface area contributed by atoms with Crippen LogP contribution in [-0.4, -0.2) is 43.0 Å². The van der Waals surface area contributed by atoms with Gasteiger partial charge in [0.25, 0.3) is 0 Å². The molecule has 1 aromatic rings. The smallest absolute Gasteiger partial charge is 0.239 e. The van der Waals surface area contributed by atoms with Gasteiger partial charge >= 0.3 is 0 Å². The van der Waals surface area contributed by atoms with Crippen LogP contribution in [0.4, 0.5) is 5.69 Å². The average molecular weight is 318 g/mol. The molecule has 1 saturated heterocycles. The molecule has 0 atom stereocenters. The standard InChI is InChI=1S/C18H26N2O3/c1-12-10-13(2)15(14(3)11-12)19-16(21)18(4,5)17(22)20-6-8-23-9-7-20/h10-11H,6-9H2,1-5H3,(H,19,21). The molecule has 0 aromatic heterocycles. The molecule has 126 valence electrons. The molecule has 0 bridgehead atoms. The second-order valence-electron chi connectivity index (χ2n) is 6.76. The van der Waals surface area contributed by atoms with Crippen molar-refractivity contribution in [1.29, 1.82) is 0 Å². The quantitative estimate of drug-likeness (QED) is 0.871. The van der Waals surface area contributed by atoms with Crippen LogP contribution in [0, 0.1) is 26.2 Å². The molecule has 0 radical (unpaired) electrons. The lowest BCUT2D eigenvalue weighted by Crippen LogP contribution is -2.51. The Hall–Kier alpha value is -1.88. The van der Waals surface area contributed by atoms with E-state index in [2.05, 4.69) is 5.32 Å². The maximum Gasteiger partial charge on any atom is 0.239 e. The van der Waals surface area contributed by atoms with Crippen LogP contribution in [0.5, 0.6) is 0 Å². The van der Waals surface area contributed by atoms with Crippen molar-refractivity contribution >= 4 is 17.5 Å². The number of anilines is 1. The van der Waals surface area contributed by atoms with Crippen LogP contribution in [0.25, 0.3) is 0 Å². The molecule has 0 aliphatic carbocycles. The lowest BCUT2D eigenvalue weighted by atomic mass is 9.89. The molecule has 0 unspecified atom stereocenters. The molecule has 1 heterocycles. The SMILES string of the molecule is Cc1cc(C)c(NC(=O)C(C)(C)C(=O)N2CCOCC2)c(C)c1. The Morgan fingerprint density at radius 3 is 2.13 bits per heavy atom. The maximum atomic E-state index is 12.7. The van der Waals surface area contributed by atoms with Crippen molar-refractivity contribution in [3.05, 3.63) is 28.8 Å². The molecule has 2 amide bonds. The fraction of sp³-hybridized carbons (Fsp3) is 0.556. The highest BCUT2D eigenvalue weighted by Crippen LogP contribution is 2.26. The van der Waals surface area contributed by atoms with Crippen molar-refractivity contribution in [3.8, 4) is 0 Å². The van der Waals surface area contributed by atoms with E-state index >= 15 is 0 Å². The number of nitrogens with zero attached hydrogens (tertiary/aromatic N) is 1. The monoisotopic (exact) mass is 318 g/mol. The number of amides is 2. The summed E-state index contributed by atoms with van der Waals surface area (Å²) in [7, 11) is 0. The number of rotatable bonds is 3. The fourth-order valence-corrected chi connectivity index (χ4v) is 2.91. The summed E-state index contributed by atoms with van der Waals surface area (Å²) in [6.07, 6.45) is 0. The van der Waals surface area contributed by atoms with Crippen LogP contribution in [0.15, 0.2) is 12.1 Å². The number of morpholine rings is 1. The van der Waals surface area contributed by atoms with Gasteiger partial charge in [0.05, 0.1) is 13.2 Å².